The highest BCUT2D eigenvalue weighted by molar-refractivity contribution is 5.75. The summed E-state index contributed by atoms with van der Waals surface area (Å²) >= 11 is 0. The van der Waals surface area contributed by atoms with Crippen LogP contribution in [0.2, 0.25) is 0 Å². The van der Waals surface area contributed by atoms with Gasteiger partial charge in [-0.15, -0.1) is 0 Å². The van der Waals surface area contributed by atoms with E-state index in [1.807, 2.05) is 18.2 Å². The molecule has 0 saturated heterocycles. The second kappa shape index (κ2) is 7.88. The van der Waals surface area contributed by atoms with Gasteiger partial charge in [0.1, 0.15) is 0 Å². The zero-order valence-electron chi connectivity index (χ0n) is 11.2. The maximum Gasteiger partial charge on any atom is 0.220 e. The SMILES string of the molecule is CC(O)CCC(=O)NCCC(C)c1ccccc1. The molecule has 0 bridgehead atoms. The maximum atomic E-state index is 11.4. The van der Waals surface area contributed by atoms with Gasteiger partial charge in [-0.05, 0) is 31.2 Å². The number of benzene rings is 1. The van der Waals surface area contributed by atoms with Crippen LogP contribution in [0.1, 0.15) is 44.6 Å². The van der Waals surface area contributed by atoms with E-state index >= 15 is 0 Å². The molecule has 0 aliphatic carbocycles. The third kappa shape index (κ3) is 5.82. The number of rotatable bonds is 7. The van der Waals surface area contributed by atoms with Crippen molar-refractivity contribution in [3.05, 3.63) is 35.9 Å². The van der Waals surface area contributed by atoms with Crippen LogP contribution in [-0.4, -0.2) is 23.7 Å². The van der Waals surface area contributed by atoms with Crippen molar-refractivity contribution in [2.45, 2.75) is 45.1 Å². The van der Waals surface area contributed by atoms with E-state index < -0.39 is 6.10 Å². The van der Waals surface area contributed by atoms with Gasteiger partial charge in [0.25, 0.3) is 0 Å². The minimum absolute atomic E-state index is 0.0242. The largest absolute Gasteiger partial charge is 0.393 e. The molecule has 0 aliphatic heterocycles. The number of hydrogen-bond acceptors (Lipinski definition) is 2. The van der Waals surface area contributed by atoms with Gasteiger partial charge in [0.15, 0.2) is 0 Å². The second-order valence-corrected chi connectivity index (χ2v) is 4.84. The average molecular weight is 249 g/mol. The van der Waals surface area contributed by atoms with Gasteiger partial charge in [-0.1, -0.05) is 37.3 Å². The average Bonchev–Trinajstić information content (AvgIpc) is 2.37. The highest BCUT2D eigenvalue weighted by Crippen LogP contribution is 2.17. The number of aliphatic hydroxyl groups excluding tert-OH is 1. The van der Waals surface area contributed by atoms with Gasteiger partial charge in [0, 0.05) is 13.0 Å². The summed E-state index contributed by atoms with van der Waals surface area (Å²) < 4.78 is 0. The Morgan fingerprint density at radius 2 is 1.89 bits per heavy atom. The van der Waals surface area contributed by atoms with E-state index in [0.717, 1.165) is 6.42 Å². The van der Waals surface area contributed by atoms with Crippen LogP contribution in [0.5, 0.6) is 0 Å². The molecule has 1 aromatic carbocycles. The van der Waals surface area contributed by atoms with E-state index in [1.165, 1.54) is 5.56 Å². The van der Waals surface area contributed by atoms with Crippen LogP contribution in [0.4, 0.5) is 0 Å². The van der Waals surface area contributed by atoms with Crippen molar-refractivity contribution in [3.8, 4) is 0 Å². The molecular weight excluding hydrogens is 226 g/mol. The molecule has 18 heavy (non-hydrogen) atoms. The van der Waals surface area contributed by atoms with Gasteiger partial charge in [0.05, 0.1) is 6.10 Å². The van der Waals surface area contributed by atoms with Gasteiger partial charge in [-0.25, -0.2) is 0 Å². The molecule has 1 aromatic rings. The molecule has 0 radical (unpaired) electrons. The highest BCUT2D eigenvalue weighted by Gasteiger charge is 2.07. The number of aliphatic hydroxyl groups is 1. The molecule has 2 atom stereocenters. The molecular formula is C15H23NO2. The maximum absolute atomic E-state index is 11.4. The van der Waals surface area contributed by atoms with E-state index in [2.05, 4.69) is 24.4 Å². The molecule has 2 N–H and O–H groups in total. The smallest absolute Gasteiger partial charge is 0.220 e. The lowest BCUT2D eigenvalue weighted by atomic mass is 9.98. The van der Waals surface area contributed by atoms with E-state index in [4.69, 9.17) is 5.11 Å². The highest BCUT2D eigenvalue weighted by atomic mass is 16.3. The van der Waals surface area contributed by atoms with Gasteiger partial charge in [-0.2, -0.15) is 0 Å². The second-order valence-electron chi connectivity index (χ2n) is 4.84. The van der Waals surface area contributed by atoms with Crippen molar-refractivity contribution in [2.24, 2.45) is 0 Å². The lowest BCUT2D eigenvalue weighted by molar-refractivity contribution is -0.121. The third-order valence-corrected chi connectivity index (χ3v) is 3.06. The minimum Gasteiger partial charge on any atom is -0.393 e. The van der Waals surface area contributed by atoms with E-state index in [1.54, 1.807) is 6.92 Å². The predicted molar refractivity (Wildman–Crippen MR) is 73.4 cm³/mol. The number of hydrogen-bond donors (Lipinski definition) is 2. The molecule has 0 saturated carbocycles. The first-order valence-electron chi connectivity index (χ1n) is 6.59. The lowest BCUT2D eigenvalue weighted by Gasteiger charge is -2.12. The normalized spacial score (nSPS) is 13.9. The number of carbonyl (C=O) groups is 1. The van der Waals surface area contributed by atoms with Crippen LogP contribution in [0.15, 0.2) is 30.3 Å². The molecule has 0 aromatic heterocycles. The molecule has 1 rings (SSSR count). The molecule has 2 unspecified atom stereocenters. The molecule has 3 heteroatoms. The Kier molecular flexibility index (Phi) is 6.44. The Balaban J connectivity index is 2.19. The Hall–Kier alpha value is -1.35. The van der Waals surface area contributed by atoms with E-state index in [9.17, 15) is 4.79 Å². The summed E-state index contributed by atoms with van der Waals surface area (Å²) in [5.74, 6) is 0.472. The first-order valence-corrected chi connectivity index (χ1v) is 6.59. The van der Waals surface area contributed by atoms with Crippen LogP contribution < -0.4 is 5.32 Å². The Morgan fingerprint density at radius 1 is 1.22 bits per heavy atom. The summed E-state index contributed by atoms with van der Waals surface area (Å²) in [5, 5.41) is 12.0. The fraction of sp³-hybridized carbons (Fsp3) is 0.533. The Labute approximate surface area is 109 Å². The van der Waals surface area contributed by atoms with Crippen LogP contribution >= 0.6 is 0 Å². The number of nitrogens with one attached hydrogen (secondary N) is 1. The minimum atomic E-state index is -0.404. The molecule has 0 fully saturated rings. The standard InChI is InChI=1S/C15H23NO2/c1-12(14-6-4-3-5-7-14)10-11-16-15(18)9-8-13(2)17/h3-7,12-13,17H,8-11H2,1-2H3,(H,16,18). The van der Waals surface area contributed by atoms with Crippen molar-refractivity contribution >= 4 is 5.91 Å². The first-order chi connectivity index (χ1) is 8.59. The summed E-state index contributed by atoms with van der Waals surface area (Å²) in [6.07, 6.45) is 1.46. The monoisotopic (exact) mass is 249 g/mol. The van der Waals surface area contributed by atoms with Crippen LogP contribution in [0.3, 0.4) is 0 Å². The summed E-state index contributed by atoms with van der Waals surface area (Å²) in [6.45, 7) is 4.55. The molecule has 1 amide bonds. The quantitative estimate of drug-likeness (QED) is 0.780. The van der Waals surface area contributed by atoms with E-state index in [-0.39, 0.29) is 5.91 Å². The summed E-state index contributed by atoms with van der Waals surface area (Å²) in [4.78, 5) is 11.4. The van der Waals surface area contributed by atoms with Crippen molar-refractivity contribution in [1.82, 2.24) is 5.32 Å². The summed E-state index contributed by atoms with van der Waals surface area (Å²) in [5.41, 5.74) is 1.30. The third-order valence-electron chi connectivity index (χ3n) is 3.06. The molecule has 3 nitrogen and oxygen atoms in total. The Morgan fingerprint density at radius 3 is 2.50 bits per heavy atom. The molecule has 0 spiro atoms. The topological polar surface area (TPSA) is 49.3 Å². The summed E-state index contributed by atoms with van der Waals surface area (Å²) in [7, 11) is 0. The first kappa shape index (κ1) is 14.7. The number of carbonyl (C=O) groups excluding carboxylic acids is 1. The van der Waals surface area contributed by atoms with Crippen LogP contribution in [-0.2, 0) is 4.79 Å². The number of amides is 1. The van der Waals surface area contributed by atoms with Crippen molar-refractivity contribution < 1.29 is 9.90 Å². The van der Waals surface area contributed by atoms with Gasteiger partial charge < -0.3 is 10.4 Å². The lowest BCUT2D eigenvalue weighted by Crippen LogP contribution is -2.25. The molecule has 100 valence electrons. The van der Waals surface area contributed by atoms with Crippen LogP contribution in [0, 0.1) is 0 Å². The fourth-order valence-corrected chi connectivity index (χ4v) is 1.80. The van der Waals surface area contributed by atoms with Crippen LogP contribution in [0.25, 0.3) is 0 Å². The summed E-state index contributed by atoms with van der Waals surface area (Å²) in [6, 6.07) is 10.3. The van der Waals surface area contributed by atoms with E-state index in [0.29, 0.717) is 25.3 Å². The molecule has 0 aliphatic rings. The van der Waals surface area contributed by atoms with Crippen molar-refractivity contribution in [1.29, 1.82) is 0 Å². The van der Waals surface area contributed by atoms with Crippen molar-refractivity contribution in [3.63, 3.8) is 0 Å². The zero-order chi connectivity index (χ0) is 13.4. The van der Waals surface area contributed by atoms with Crippen molar-refractivity contribution in [2.75, 3.05) is 6.54 Å². The van der Waals surface area contributed by atoms with Gasteiger partial charge >= 0.3 is 0 Å². The van der Waals surface area contributed by atoms with Gasteiger partial charge in [-0.3, -0.25) is 4.79 Å². The molecule has 0 heterocycles. The Bertz CT molecular complexity index is 349. The predicted octanol–water partition coefficient (Wildman–Crippen LogP) is 2.46. The fourth-order valence-electron chi connectivity index (χ4n) is 1.80. The zero-order valence-corrected chi connectivity index (χ0v) is 11.2. The van der Waals surface area contributed by atoms with Gasteiger partial charge in [0.2, 0.25) is 5.91 Å².